The highest BCUT2D eigenvalue weighted by molar-refractivity contribution is 6.12. The normalized spacial score (nSPS) is 23.2. The van der Waals surface area contributed by atoms with Crippen LogP contribution in [0, 0.1) is 17.8 Å². The fraction of sp³-hybridized carbons (Fsp3) is 0.143. The molecule has 4 aliphatic carbocycles. The summed E-state index contributed by atoms with van der Waals surface area (Å²) >= 11 is 0. The fourth-order valence-corrected chi connectivity index (χ4v) is 9.17. The molecular weight excluding hydrogens is 589 g/mol. The van der Waals surface area contributed by atoms with Crippen molar-refractivity contribution in [2.45, 2.75) is 25.2 Å². The second-order valence-electron chi connectivity index (χ2n) is 14.9. The van der Waals surface area contributed by atoms with Gasteiger partial charge in [-0.05, 0) is 100 Å². The summed E-state index contributed by atoms with van der Waals surface area (Å²) in [6, 6.07) is 42.7. The average molecular weight is 627 g/mol. The van der Waals surface area contributed by atoms with E-state index in [1.54, 1.807) is 0 Å². The molecule has 0 aliphatic heterocycles. The van der Waals surface area contributed by atoms with E-state index in [9.17, 15) is 0 Å². The quantitative estimate of drug-likeness (QED) is 0.171. The maximum atomic E-state index is 2.58. The van der Waals surface area contributed by atoms with Crippen LogP contribution in [-0.2, 0) is 5.41 Å². The van der Waals surface area contributed by atoms with Crippen LogP contribution in [0.25, 0.3) is 49.0 Å². The Balaban J connectivity index is 0.941. The van der Waals surface area contributed by atoms with Gasteiger partial charge >= 0.3 is 0 Å². The molecule has 0 heteroatoms. The van der Waals surface area contributed by atoms with Crippen molar-refractivity contribution in [3.05, 3.63) is 198 Å². The van der Waals surface area contributed by atoms with Gasteiger partial charge in [-0.25, -0.2) is 0 Å². The topological polar surface area (TPSA) is 0 Å². The molecule has 4 unspecified atom stereocenters. The molecule has 6 aromatic carbocycles. The van der Waals surface area contributed by atoms with E-state index in [1.165, 1.54) is 76.9 Å². The van der Waals surface area contributed by atoms with E-state index in [2.05, 4.69) is 184 Å². The minimum atomic E-state index is 0.0371. The Bertz CT molecular complexity index is 2540. The summed E-state index contributed by atoms with van der Waals surface area (Å²) in [4.78, 5) is 0. The van der Waals surface area contributed by atoms with Gasteiger partial charge < -0.3 is 0 Å². The van der Waals surface area contributed by atoms with Crippen molar-refractivity contribution in [2.75, 3.05) is 0 Å². The van der Waals surface area contributed by atoms with Crippen LogP contribution < -0.4 is 0 Å². The molecule has 0 amide bonds. The lowest BCUT2D eigenvalue weighted by molar-refractivity contribution is 0.393. The molecule has 4 atom stereocenters. The van der Waals surface area contributed by atoms with Crippen LogP contribution in [0.3, 0.4) is 0 Å². The van der Waals surface area contributed by atoms with Gasteiger partial charge in [0.05, 0.1) is 0 Å². The largest absolute Gasteiger partial charge is 0.0761 e. The molecule has 0 heterocycles. The average Bonchev–Trinajstić information content (AvgIpc) is 3.38. The summed E-state index contributed by atoms with van der Waals surface area (Å²) in [5.41, 5.74) is 10.9. The predicted molar refractivity (Wildman–Crippen MR) is 209 cm³/mol. The molecule has 0 radical (unpaired) electrons. The lowest BCUT2D eigenvalue weighted by Crippen LogP contribution is -2.25. The van der Waals surface area contributed by atoms with E-state index >= 15 is 0 Å². The highest BCUT2D eigenvalue weighted by atomic mass is 14.5. The van der Waals surface area contributed by atoms with Crippen molar-refractivity contribution >= 4 is 37.9 Å². The third-order valence-electron chi connectivity index (χ3n) is 11.8. The SMILES string of the molecule is CC1(C)c2cc(-c3ccc4ccccc4c3)ccc2C2C=CC(C3=CC4C=CC(c5cc6ccccc6c6ccccc56)=CC4C=C3)=CC21. The number of hydrogen-bond acceptors (Lipinski definition) is 0. The van der Waals surface area contributed by atoms with Gasteiger partial charge in [0, 0.05) is 17.8 Å². The van der Waals surface area contributed by atoms with Gasteiger partial charge in [-0.3, -0.25) is 0 Å². The van der Waals surface area contributed by atoms with Crippen LogP contribution in [0.4, 0.5) is 0 Å². The summed E-state index contributed by atoms with van der Waals surface area (Å²) in [5.74, 6) is 1.56. The van der Waals surface area contributed by atoms with Gasteiger partial charge in [0.15, 0.2) is 0 Å². The molecule has 0 spiro atoms. The van der Waals surface area contributed by atoms with E-state index in [-0.39, 0.29) is 5.41 Å². The Kier molecular flexibility index (Phi) is 6.28. The molecule has 234 valence electrons. The third-order valence-corrected chi connectivity index (χ3v) is 11.8. The van der Waals surface area contributed by atoms with E-state index in [4.69, 9.17) is 0 Å². The number of benzene rings is 6. The Hall–Kier alpha value is -5.46. The molecule has 0 bridgehead atoms. The number of rotatable bonds is 3. The standard InChI is InChI=1S/C49H38/c1-49(2)47-29-37(34-16-15-31-9-3-4-10-32(31)25-34)21-23-44(47)45-24-22-38(30-48(45)49)35-17-18-36-27-40(20-19-33(36)26-35)46-28-39-11-5-6-12-41(39)42-13-7-8-14-43(42)46/h3-30,33,36,45,48H,1-2H3. The second kappa shape index (κ2) is 10.8. The first-order valence-corrected chi connectivity index (χ1v) is 17.8. The zero-order chi connectivity index (χ0) is 32.7. The number of allylic oxidation sites excluding steroid dienone is 12. The Morgan fingerprint density at radius 2 is 1.08 bits per heavy atom. The predicted octanol–water partition coefficient (Wildman–Crippen LogP) is 12.7. The molecule has 0 saturated heterocycles. The van der Waals surface area contributed by atoms with Gasteiger partial charge in [0.2, 0.25) is 0 Å². The van der Waals surface area contributed by atoms with Gasteiger partial charge in [-0.15, -0.1) is 0 Å². The minimum Gasteiger partial charge on any atom is -0.0761 e. The van der Waals surface area contributed by atoms with E-state index in [0.717, 1.165) is 0 Å². The maximum absolute atomic E-state index is 2.58. The fourth-order valence-electron chi connectivity index (χ4n) is 9.17. The summed E-state index contributed by atoms with van der Waals surface area (Å²) in [5, 5.41) is 7.84. The van der Waals surface area contributed by atoms with Crippen molar-refractivity contribution in [3.8, 4) is 11.1 Å². The van der Waals surface area contributed by atoms with Gasteiger partial charge in [-0.1, -0.05) is 172 Å². The molecular formula is C49H38. The zero-order valence-corrected chi connectivity index (χ0v) is 28.0. The van der Waals surface area contributed by atoms with Crippen LogP contribution in [0.2, 0.25) is 0 Å². The summed E-state index contributed by atoms with van der Waals surface area (Å²) in [6.45, 7) is 4.89. The molecule has 49 heavy (non-hydrogen) atoms. The Morgan fingerprint density at radius 1 is 0.469 bits per heavy atom. The lowest BCUT2D eigenvalue weighted by atomic mass is 9.71. The first-order chi connectivity index (χ1) is 24.0. The first-order valence-electron chi connectivity index (χ1n) is 17.8. The van der Waals surface area contributed by atoms with Crippen LogP contribution in [0.5, 0.6) is 0 Å². The number of fused-ring (bicyclic) bond motifs is 8. The number of hydrogen-bond donors (Lipinski definition) is 0. The Labute approximate surface area is 288 Å². The molecule has 0 saturated carbocycles. The van der Waals surface area contributed by atoms with Gasteiger partial charge in [-0.2, -0.15) is 0 Å². The van der Waals surface area contributed by atoms with Crippen molar-refractivity contribution in [3.63, 3.8) is 0 Å². The monoisotopic (exact) mass is 626 g/mol. The maximum Gasteiger partial charge on any atom is 0.00957 e. The van der Waals surface area contributed by atoms with Crippen molar-refractivity contribution in [1.29, 1.82) is 0 Å². The molecule has 0 fully saturated rings. The molecule has 0 nitrogen and oxygen atoms in total. The van der Waals surface area contributed by atoms with Crippen molar-refractivity contribution in [1.82, 2.24) is 0 Å². The molecule has 10 rings (SSSR count). The smallest absolute Gasteiger partial charge is 0.00957 e. The molecule has 0 aromatic heterocycles. The minimum absolute atomic E-state index is 0.0371. The van der Waals surface area contributed by atoms with E-state index < -0.39 is 0 Å². The molecule has 4 aliphatic rings. The van der Waals surface area contributed by atoms with Gasteiger partial charge in [0.1, 0.15) is 0 Å². The van der Waals surface area contributed by atoms with Gasteiger partial charge in [0.25, 0.3) is 0 Å². The lowest BCUT2D eigenvalue weighted by Gasteiger charge is -2.32. The molecule has 6 aromatic rings. The van der Waals surface area contributed by atoms with Crippen LogP contribution in [-0.4, -0.2) is 0 Å². The summed E-state index contributed by atoms with van der Waals surface area (Å²) in [7, 11) is 0. The highest BCUT2D eigenvalue weighted by Gasteiger charge is 2.45. The Morgan fingerprint density at radius 3 is 1.92 bits per heavy atom. The van der Waals surface area contributed by atoms with Crippen LogP contribution in [0.15, 0.2) is 181 Å². The van der Waals surface area contributed by atoms with Crippen LogP contribution >= 0.6 is 0 Å². The van der Waals surface area contributed by atoms with E-state index in [0.29, 0.717) is 23.7 Å². The van der Waals surface area contributed by atoms with Crippen LogP contribution in [0.1, 0.15) is 36.5 Å². The summed E-state index contributed by atoms with van der Waals surface area (Å²) in [6.07, 6.45) is 22.0. The highest BCUT2D eigenvalue weighted by Crippen LogP contribution is 2.55. The first kappa shape index (κ1) is 28.5. The third kappa shape index (κ3) is 4.51. The summed E-state index contributed by atoms with van der Waals surface area (Å²) < 4.78 is 0. The zero-order valence-electron chi connectivity index (χ0n) is 28.0. The second-order valence-corrected chi connectivity index (χ2v) is 14.9. The molecule has 0 N–H and O–H groups in total. The van der Waals surface area contributed by atoms with E-state index in [1.807, 2.05) is 0 Å². The van der Waals surface area contributed by atoms with Crippen molar-refractivity contribution < 1.29 is 0 Å². The van der Waals surface area contributed by atoms with Crippen molar-refractivity contribution in [2.24, 2.45) is 17.8 Å².